The Morgan fingerprint density at radius 2 is 1.78 bits per heavy atom. The van der Waals surface area contributed by atoms with Gasteiger partial charge in [-0.1, -0.05) is 19.9 Å². The molecule has 0 bridgehead atoms. The minimum absolute atomic E-state index is 0.0386. The summed E-state index contributed by atoms with van der Waals surface area (Å²) in [6.07, 6.45) is -4.28. The summed E-state index contributed by atoms with van der Waals surface area (Å²) in [5.74, 6) is 1.22. The highest BCUT2D eigenvalue weighted by Gasteiger charge is 2.53. The minimum Gasteiger partial charge on any atom is -0.393 e. The van der Waals surface area contributed by atoms with Crippen molar-refractivity contribution in [1.82, 2.24) is 0 Å². The van der Waals surface area contributed by atoms with Crippen molar-refractivity contribution in [2.24, 2.45) is 23.7 Å². The Bertz CT molecular complexity index is 807. The third-order valence-corrected chi connectivity index (χ3v) is 9.04. The van der Waals surface area contributed by atoms with Crippen LogP contribution in [0.5, 0.6) is 0 Å². The van der Waals surface area contributed by atoms with Crippen molar-refractivity contribution in [3.63, 3.8) is 0 Å². The second kappa shape index (κ2) is 11.4. The van der Waals surface area contributed by atoms with Gasteiger partial charge in [-0.05, 0) is 61.9 Å². The fourth-order valence-corrected chi connectivity index (χ4v) is 6.57. The summed E-state index contributed by atoms with van der Waals surface area (Å²) >= 11 is 0. The molecular weight excluding hydrogens is 488 g/mol. The third-order valence-electron chi connectivity index (χ3n) is 9.04. The number of rotatable bonds is 8. The van der Waals surface area contributed by atoms with Crippen LogP contribution in [0.1, 0.15) is 46.5 Å². The number of fused-ring (bicyclic) bond motifs is 1. The molecule has 37 heavy (non-hydrogen) atoms. The number of allylic oxidation sites excluding steroid dienone is 1. The molecule has 0 aromatic heterocycles. The van der Waals surface area contributed by atoms with Crippen molar-refractivity contribution in [2.45, 2.75) is 101 Å². The molecular formula is C26H44O11. The van der Waals surface area contributed by atoms with E-state index < -0.39 is 60.9 Å². The molecule has 0 radical (unpaired) electrons. The van der Waals surface area contributed by atoms with E-state index in [4.69, 9.17) is 18.9 Å². The molecule has 3 fully saturated rings. The predicted molar refractivity (Wildman–Crippen MR) is 129 cm³/mol. The lowest BCUT2D eigenvalue weighted by Gasteiger charge is -2.53. The van der Waals surface area contributed by atoms with Crippen molar-refractivity contribution in [1.29, 1.82) is 0 Å². The van der Waals surface area contributed by atoms with Gasteiger partial charge in [-0.15, -0.1) is 0 Å². The van der Waals surface area contributed by atoms with Crippen LogP contribution in [-0.2, 0) is 18.9 Å². The SMILES string of the molecule is CC(C)C1CCC(C)(OC2OC(COC3OCC(O)(CO)C3O)C(O)C(O)C2O)C2CCC(CO)=CC12. The highest BCUT2D eigenvalue weighted by Crippen LogP contribution is 2.52. The summed E-state index contributed by atoms with van der Waals surface area (Å²) in [6.45, 7) is 5.07. The lowest BCUT2D eigenvalue weighted by Crippen LogP contribution is -2.62. The Morgan fingerprint density at radius 3 is 2.41 bits per heavy atom. The first-order valence-corrected chi connectivity index (χ1v) is 13.4. The summed E-state index contributed by atoms with van der Waals surface area (Å²) in [5.41, 5.74) is -1.50. The Kier molecular flexibility index (Phi) is 9.04. The quantitative estimate of drug-likeness (QED) is 0.191. The first kappa shape index (κ1) is 29.3. The molecule has 2 heterocycles. The third kappa shape index (κ3) is 5.64. The van der Waals surface area contributed by atoms with E-state index in [0.717, 1.165) is 31.3 Å². The van der Waals surface area contributed by atoms with Gasteiger partial charge in [0, 0.05) is 0 Å². The van der Waals surface area contributed by atoms with Crippen LogP contribution in [-0.4, -0.2) is 116 Å². The highest BCUT2D eigenvalue weighted by molar-refractivity contribution is 5.16. The molecule has 11 nitrogen and oxygen atoms in total. The maximum atomic E-state index is 10.7. The second-order valence-corrected chi connectivity index (χ2v) is 11.8. The van der Waals surface area contributed by atoms with Gasteiger partial charge in [0.05, 0.1) is 32.0 Å². The molecule has 0 aromatic carbocycles. The summed E-state index contributed by atoms with van der Waals surface area (Å²) in [6, 6.07) is 0. The zero-order valence-corrected chi connectivity index (χ0v) is 21.8. The molecule has 0 spiro atoms. The first-order chi connectivity index (χ1) is 17.4. The number of hydrogen-bond acceptors (Lipinski definition) is 11. The number of aliphatic hydroxyl groups is 7. The predicted octanol–water partition coefficient (Wildman–Crippen LogP) is -0.963. The van der Waals surface area contributed by atoms with E-state index in [2.05, 4.69) is 19.9 Å². The molecule has 1 saturated carbocycles. The van der Waals surface area contributed by atoms with E-state index in [9.17, 15) is 35.7 Å². The topological polar surface area (TPSA) is 179 Å². The average Bonchev–Trinajstić information content (AvgIpc) is 3.17. The molecule has 7 N–H and O–H groups in total. The highest BCUT2D eigenvalue weighted by atomic mass is 16.7. The van der Waals surface area contributed by atoms with E-state index in [-0.39, 0.29) is 31.7 Å². The zero-order valence-electron chi connectivity index (χ0n) is 21.8. The van der Waals surface area contributed by atoms with Crippen LogP contribution in [0.15, 0.2) is 11.6 Å². The summed E-state index contributed by atoms with van der Waals surface area (Å²) in [4.78, 5) is 0. The van der Waals surface area contributed by atoms with E-state index in [1.807, 2.05) is 6.92 Å². The van der Waals surface area contributed by atoms with Crippen molar-refractivity contribution in [3.8, 4) is 0 Å². The van der Waals surface area contributed by atoms with Gasteiger partial charge in [0.1, 0.15) is 36.1 Å². The summed E-state index contributed by atoms with van der Waals surface area (Å²) in [5, 5.41) is 71.2. The smallest absolute Gasteiger partial charge is 0.187 e. The normalized spacial score (nSPS) is 48.7. The molecule has 0 aromatic rings. The Morgan fingerprint density at radius 1 is 1.05 bits per heavy atom. The van der Waals surface area contributed by atoms with Crippen molar-refractivity contribution >= 4 is 0 Å². The molecule has 214 valence electrons. The molecule has 11 heteroatoms. The fourth-order valence-electron chi connectivity index (χ4n) is 6.57. The first-order valence-electron chi connectivity index (χ1n) is 13.4. The lowest BCUT2D eigenvalue weighted by atomic mass is 9.58. The summed E-state index contributed by atoms with van der Waals surface area (Å²) < 4.78 is 23.1. The fraction of sp³-hybridized carbons (Fsp3) is 0.923. The zero-order chi connectivity index (χ0) is 27.1. The Labute approximate surface area is 217 Å². The molecule has 0 amide bonds. The standard InChI is InChI=1S/C26H44O11/c1-13(2)15-6-7-25(3,17-5-4-14(9-27)8-16(15)17)37-23-21(31)20(30)19(29)18(36-23)10-34-24-22(32)26(33,11-28)12-35-24/h8,13,15-24,27-33H,4-7,9-12H2,1-3H3. The van der Waals surface area contributed by atoms with Crippen molar-refractivity contribution < 1.29 is 54.7 Å². The van der Waals surface area contributed by atoms with Gasteiger partial charge in [-0.3, -0.25) is 0 Å². The van der Waals surface area contributed by atoms with Crippen molar-refractivity contribution in [2.75, 3.05) is 26.4 Å². The van der Waals surface area contributed by atoms with E-state index in [1.165, 1.54) is 0 Å². The van der Waals surface area contributed by atoms with Gasteiger partial charge in [0.25, 0.3) is 0 Å². The van der Waals surface area contributed by atoms with Crippen LogP contribution in [0.3, 0.4) is 0 Å². The lowest BCUT2D eigenvalue weighted by molar-refractivity contribution is -0.342. The second-order valence-electron chi connectivity index (χ2n) is 11.8. The maximum absolute atomic E-state index is 10.7. The van der Waals surface area contributed by atoms with E-state index in [1.54, 1.807) is 0 Å². The van der Waals surface area contributed by atoms with Gasteiger partial charge >= 0.3 is 0 Å². The van der Waals surface area contributed by atoms with Crippen molar-refractivity contribution in [3.05, 3.63) is 11.6 Å². The molecule has 2 aliphatic carbocycles. The van der Waals surface area contributed by atoms with Gasteiger partial charge in [-0.2, -0.15) is 0 Å². The van der Waals surface area contributed by atoms with Crippen LogP contribution in [0.2, 0.25) is 0 Å². The van der Waals surface area contributed by atoms with Gasteiger partial charge in [-0.25, -0.2) is 0 Å². The van der Waals surface area contributed by atoms with E-state index in [0.29, 0.717) is 11.8 Å². The van der Waals surface area contributed by atoms with Crippen LogP contribution in [0.4, 0.5) is 0 Å². The number of ether oxygens (including phenoxy) is 4. The number of hydrogen-bond donors (Lipinski definition) is 7. The molecule has 2 aliphatic heterocycles. The molecule has 2 saturated heterocycles. The van der Waals surface area contributed by atoms with Crippen LogP contribution < -0.4 is 0 Å². The van der Waals surface area contributed by atoms with Crippen LogP contribution in [0.25, 0.3) is 0 Å². The molecule has 12 atom stereocenters. The minimum atomic E-state index is -1.86. The van der Waals surface area contributed by atoms with Gasteiger partial charge < -0.3 is 54.7 Å². The van der Waals surface area contributed by atoms with Gasteiger partial charge in [0.15, 0.2) is 12.6 Å². The monoisotopic (exact) mass is 532 g/mol. The Balaban J connectivity index is 1.46. The maximum Gasteiger partial charge on any atom is 0.187 e. The van der Waals surface area contributed by atoms with Crippen LogP contribution in [0, 0.1) is 23.7 Å². The summed E-state index contributed by atoms with van der Waals surface area (Å²) in [7, 11) is 0. The molecule has 4 rings (SSSR count). The van der Waals surface area contributed by atoms with E-state index >= 15 is 0 Å². The Hall–Kier alpha value is -0.700. The van der Waals surface area contributed by atoms with Crippen LogP contribution >= 0.6 is 0 Å². The molecule has 12 unspecified atom stereocenters. The largest absolute Gasteiger partial charge is 0.393 e. The average molecular weight is 533 g/mol. The molecule has 4 aliphatic rings. The van der Waals surface area contributed by atoms with Gasteiger partial charge in [0.2, 0.25) is 0 Å². The number of aliphatic hydroxyl groups excluding tert-OH is 6.